The van der Waals surface area contributed by atoms with Crippen molar-refractivity contribution in [3.63, 3.8) is 0 Å². The highest BCUT2D eigenvalue weighted by Gasteiger charge is 2.32. The highest BCUT2D eigenvalue weighted by atomic mass is 32.2. The summed E-state index contributed by atoms with van der Waals surface area (Å²) in [6.45, 7) is 3.57. The van der Waals surface area contributed by atoms with Gasteiger partial charge in [-0.1, -0.05) is 43.7 Å². The molecule has 39 heavy (non-hydrogen) atoms. The van der Waals surface area contributed by atoms with Crippen LogP contribution in [0, 0.1) is 5.82 Å². The van der Waals surface area contributed by atoms with Crippen LogP contribution in [-0.4, -0.2) is 51.4 Å². The van der Waals surface area contributed by atoms with Gasteiger partial charge in [-0.2, -0.15) is 0 Å². The van der Waals surface area contributed by atoms with Crippen molar-refractivity contribution in [1.82, 2.24) is 10.2 Å². The molecule has 1 atom stereocenters. The Labute approximate surface area is 229 Å². The third-order valence-corrected chi connectivity index (χ3v) is 8.00. The van der Waals surface area contributed by atoms with Crippen molar-refractivity contribution in [3.8, 4) is 5.75 Å². The van der Waals surface area contributed by atoms with Gasteiger partial charge in [-0.15, -0.1) is 0 Å². The average Bonchev–Trinajstić information content (AvgIpc) is 2.95. The zero-order chi connectivity index (χ0) is 28.4. The third kappa shape index (κ3) is 7.79. The summed E-state index contributed by atoms with van der Waals surface area (Å²) < 4.78 is 47.1. The second-order valence-corrected chi connectivity index (χ2v) is 10.9. The van der Waals surface area contributed by atoms with E-state index in [1.165, 1.54) is 12.0 Å². The van der Waals surface area contributed by atoms with E-state index in [-0.39, 0.29) is 23.0 Å². The van der Waals surface area contributed by atoms with E-state index >= 15 is 0 Å². The summed E-state index contributed by atoms with van der Waals surface area (Å²) in [6, 6.07) is 18.8. The summed E-state index contributed by atoms with van der Waals surface area (Å²) in [5.74, 6) is -0.911. The zero-order valence-corrected chi connectivity index (χ0v) is 23.2. The first-order chi connectivity index (χ1) is 18.7. The molecular formula is C29H34FN3O5S. The van der Waals surface area contributed by atoms with E-state index in [2.05, 4.69) is 5.32 Å². The number of carbonyl (C=O) groups is 2. The summed E-state index contributed by atoms with van der Waals surface area (Å²) in [7, 11) is -2.72. The molecule has 0 bridgehead atoms. The van der Waals surface area contributed by atoms with Crippen LogP contribution in [0.5, 0.6) is 5.75 Å². The van der Waals surface area contributed by atoms with Gasteiger partial charge in [0, 0.05) is 13.1 Å². The van der Waals surface area contributed by atoms with Crippen molar-refractivity contribution in [3.05, 3.63) is 90.2 Å². The predicted octanol–water partition coefficient (Wildman–Crippen LogP) is 4.36. The number of amides is 2. The van der Waals surface area contributed by atoms with Crippen molar-refractivity contribution < 1.29 is 27.1 Å². The lowest BCUT2D eigenvalue weighted by Crippen LogP contribution is -2.51. The first kappa shape index (κ1) is 29.6. The Kier molecular flexibility index (Phi) is 10.4. The lowest BCUT2D eigenvalue weighted by atomic mass is 10.1. The molecule has 10 heteroatoms. The zero-order valence-electron chi connectivity index (χ0n) is 22.3. The van der Waals surface area contributed by atoms with E-state index in [0.717, 1.165) is 41.4 Å². The molecular weight excluding hydrogens is 521 g/mol. The number of benzene rings is 3. The largest absolute Gasteiger partial charge is 0.497 e. The molecule has 3 aromatic carbocycles. The number of sulfonamides is 1. The average molecular weight is 556 g/mol. The number of hydrogen-bond acceptors (Lipinski definition) is 5. The van der Waals surface area contributed by atoms with Gasteiger partial charge >= 0.3 is 0 Å². The van der Waals surface area contributed by atoms with Crippen molar-refractivity contribution in [2.75, 3.05) is 24.5 Å². The maximum absolute atomic E-state index is 13.8. The molecule has 0 aromatic heterocycles. The van der Waals surface area contributed by atoms with Crippen LogP contribution in [0.4, 0.5) is 10.1 Å². The van der Waals surface area contributed by atoms with Crippen molar-refractivity contribution in [1.29, 1.82) is 0 Å². The quantitative estimate of drug-likeness (QED) is 0.316. The van der Waals surface area contributed by atoms with Gasteiger partial charge in [-0.3, -0.25) is 13.9 Å². The standard InChI is InChI=1S/C29H34FN3O5S/c1-4-5-18-31-29(35)22(2)32(20-23-10-9-13-26(19-23)38-3)28(34)21-33(25-11-7-6-8-12-25)39(36,37)27-16-14-24(30)15-17-27/h6-17,19,22H,4-5,18,20-21H2,1-3H3,(H,31,35). The molecule has 0 saturated heterocycles. The number of hydrogen-bond donors (Lipinski definition) is 1. The second-order valence-electron chi connectivity index (χ2n) is 8.99. The van der Waals surface area contributed by atoms with Crippen LogP contribution >= 0.6 is 0 Å². The number of rotatable bonds is 13. The molecule has 0 aliphatic carbocycles. The number of nitrogens with zero attached hydrogens (tertiary/aromatic N) is 2. The second kappa shape index (κ2) is 13.7. The van der Waals surface area contributed by atoms with E-state index in [0.29, 0.717) is 17.9 Å². The smallest absolute Gasteiger partial charge is 0.264 e. The fourth-order valence-corrected chi connectivity index (χ4v) is 5.36. The fourth-order valence-electron chi connectivity index (χ4n) is 3.94. The Hall–Kier alpha value is -3.92. The molecule has 1 N–H and O–H groups in total. The van der Waals surface area contributed by atoms with Crippen LogP contribution in [-0.2, 0) is 26.2 Å². The Morgan fingerprint density at radius 1 is 1.00 bits per heavy atom. The van der Waals surface area contributed by atoms with Gasteiger partial charge in [0.05, 0.1) is 17.7 Å². The van der Waals surface area contributed by atoms with Gasteiger partial charge in [-0.25, -0.2) is 12.8 Å². The number of methoxy groups -OCH3 is 1. The first-order valence-electron chi connectivity index (χ1n) is 12.7. The molecule has 0 aliphatic rings. The molecule has 3 rings (SSSR count). The minimum absolute atomic E-state index is 0.0532. The molecule has 0 fully saturated rings. The maximum atomic E-state index is 13.8. The number of nitrogens with one attached hydrogen (secondary N) is 1. The number of unbranched alkanes of at least 4 members (excludes halogenated alkanes) is 1. The van der Waals surface area contributed by atoms with Gasteiger partial charge in [0.2, 0.25) is 11.8 Å². The molecule has 0 radical (unpaired) electrons. The highest BCUT2D eigenvalue weighted by Crippen LogP contribution is 2.25. The minimum atomic E-state index is -4.25. The molecule has 0 saturated carbocycles. The van der Waals surface area contributed by atoms with Crippen molar-refractivity contribution >= 4 is 27.5 Å². The fraction of sp³-hybridized carbons (Fsp3) is 0.310. The van der Waals surface area contributed by atoms with E-state index in [4.69, 9.17) is 4.74 Å². The van der Waals surface area contributed by atoms with E-state index in [9.17, 15) is 22.4 Å². The molecule has 2 amide bonds. The summed E-state index contributed by atoms with van der Waals surface area (Å²) in [4.78, 5) is 28.0. The predicted molar refractivity (Wildman–Crippen MR) is 148 cm³/mol. The van der Waals surface area contributed by atoms with Gasteiger partial charge < -0.3 is 15.0 Å². The number of halogens is 1. The lowest BCUT2D eigenvalue weighted by Gasteiger charge is -2.32. The SMILES string of the molecule is CCCCNC(=O)C(C)N(Cc1cccc(OC)c1)C(=O)CN(c1ccccc1)S(=O)(=O)c1ccc(F)cc1. The van der Waals surface area contributed by atoms with E-state index in [1.807, 2.05) is 6.92 Å². The lowest BCUT2D eigenvalue weighted by molar-refractivity contribution is -0.139. The van der Waals surface area contributed by atoms with Crippen molar-refractivity contribution in [2.24, 2.45) is 0 Å². The van der Waals surface area contributed by atoms with Crippen LogP contribution in [0.15, 0.2) is 83.8 Å². The molecule has 0 spiro atoms. The molecule has 1 unspecified atom stereocenters. The van der Waals surface area contributed by atoms with Crippen LogP contribution in [0.25, 0.3) is 0 Å². The summed E-state index contributed by atoms with van der Waals surface area (Å²) in [6.07, 6.45) is 1.69. The topological polar surface area (TPSA) is 96.0 Å². The Bertz CT molecular complexity index is 1350. The van der Waals surface area contributed by atoms with Crippen LogP contribution < -0.4 is 14.4 Å². The highest BCUT2D eigenvalue weighted by molar-refractivity contribution is 7.92. The Morgan fingerprint density at radius 2 is 1.69 bits per heavy atom. The minimum Gasteiger partial charge on any atom is -0.497 e. The van der Waals surface area contributed by atoms with E-state index < -0.39 is 34.3 Å². The normalized spacial score (nSPS) is 11.9. The van der Waals surface area contributed by atoms with E-state index in [1.54, 1.807) is 61.5 Å². The molecule has 0 aliphatic heterocycles. The molecule has 208 valence electrons. The van der Waals surface area contributed by atoms with Crippen LogP contribution in [0.2, 0.25) is 0 Å². The molecule has 8 nitrogen and oxygen atoms in total. The van der Waals surface area contributed by atoms with Gasteiger partial charge in [0.15, 0.2) is 0 Å². The van der Waals surface area contributed by atoms with Gasteiger partial charge in [-0.05, 0) is 67.4 Å². The monoisotopic (exact) mass is 555 g/mol. The van der Waals surface area contributed by atoms with Gasteiger partial charge in [0.25, 0.3) is 10.0 Å². The van der Waals surface area contributed by atoms with Gasteiger partial charge in [0.1, 0.15) is 24.2 Å². The number of carbonyl (C=O) groups excluding carboxylic acids is 2. The first-order valence-corrected chi connectivity index (χ1v) is 14.1. The summed E-state index contributed by atoms with van der Waals surface area (Å²) in [5.41, 5.74) is 0.972. The molecule has 3 aromatic rings. The van der Waals surface area contributed by atoms with Crippen LogP contribution in [0.3, 0.4) is 0 Å². The maximum Gasteiger partial charge on any atom is 0.264 e. The summed E-state index contributed by atoms with van der Waals surface area (Å²) >= 11 is 0. The third-order valence-electron chi connectivity index (χ3n) is 6.21. The number of anilines is 1. The van der Waals surface area contributed by atoms with Crippen LogP contribution in [0.1, 0.15) is 32.3 Å². The number of para-hydroxylation sites is 1. The molecule has 0 heterocycles. The number of ether oxygens (including phenoxy) is 1. The van der Waals surface area contributed by atoms with Crippen molar-refractivity contribution in [2.45, 2.75) is 44.2 Å². The Morgan fingerprint density at radius 3 is 2.33 bits per heavy atom. The summed E-state index contributed by atoms with van der Waals surface area (Å²) in [5, 5.41) is 2.85. The Balaban J connectivity index is 1.98.